The topological polar surface area (TPSA) is 17.1 Å². The first-order valence-corrected chi connectivity index (χ1v) is 3.92. The zero-order chi connectivity index (χ0) is 10.1. The molecule has 0 fully saturated rings. The molecule has 0 aromatic heterocycles. The second-order valence-electron chi connectivity index (χ2n) is 2.94. The summed E-state index contributed by atoms with van der Waals surface area (Å²) in [7, 11) is 0. The first-order valence-electron chi connectivity index (χ1n) is 3.92. The fourth-order valence-electron chi connectivity index (χ4n) is 1.44. The third kappa shape index (κ3) is 2.29. The number of allylic oxidation sites excluding steroid dienone is 2. The van der Waals surface area contributed by atoms with Gasteiger partial charge >= 0.3 is 12.2 Å². The lowest BCUT2D eigenvalue weighted by Gasteiger charge is -2.19. The predicted octanol–water partition coefficient (Wildman–Crippen LogP) is 2.92. The summed E-state index contributed by atoms with van der Waals surface area (Å²) >= 11 is 0. The Bertz CT molecular complexity index is 251. The first kappa shape index (κ1) is 10.2. The molecule has 0 saturated carbocycles. The maximum atomic E-state index is 12.2. The smallest absolute Gasteiger partial charge is 0.256 e. The van der Waals surface area contributed by atoms with Gasteiger partial charge < -0.3 is 0 Å². The number of hydrogen-bond acceptors (Lipinski definition) is 1. The van der Waals surface area contributed by atoms with E-state index in [9.17, 15) is 22.4 Å². The third-order valence-corrected chi connectivity index (χ3v) is 2.05. The van der Waals surface area contributed by atoms with Crippen molar-refractivity contribution in [2.75, 3.05) is 0 Å². The minimum Gasteiger partial charge on any atom is -0.256 e. The highest BCUT2D eigenvalue weighted by Gasteiger charge is 2.38. The van der Waals surface area contributed by atoms with Crippen LogP contribution in [0.5, 0.6) is 0 Å². The van der Waals surface area contributed by atoms with Gasteiger partial charge in [0.1, 0.15) is 0 Å². The molecule has 0 bridgehead atoms. The van der Waals surface area contributed by atoms with Gasteiger partial charge in [-0.25, -0.2) is 0 Å². The lowest BCUT2D eigenvalue weighted by Crippen LogP contribution is -2.19. The molecule has 0 unspecified atom stereocenters. The van der Waals surface area contributed by atoms with E-state index in [-0.39, 0.29) is 12.8 Å². The van der Waals surface area contributed by atoms with Crippen LogP contribution in [0.4, 0.5) is 17.6 Å². The number of carbonyl (C=O) groups excluding carboxylic acids is 1. The Morgan fingerprint density at radius 3 is 2.08 bits per heavy atom. The Labute approximate surface area is 72.4 Å². The maximum Gasteiger partial charge on any atom is 0.413 e. The number of carbonyl (C=O) groups is 1. The van der Waals surface area contributed by atoms with E-state index in [4.69, 9.17) is 0 Å². The van der Waals surface area contributed by atoms with Crippen molar-refractivity contribution < 1.29 is 22.4 Å². The lowest BCUT2D eigenvalue weighted by atomic mass is 9.92. The van der Waals surface area contributed by atoms with Gasteiger partial charge in [0, 0.05) is 11.1 Å². The van der Waals surface area contributed by atoms with E-state index < -0.39 is 23.4 Å². The van der Waals surface area contributed by atoms with Gasteiger partial charge in [-0.05, 0) is 25.7 Å². The van der Waals surface area contributed by atoms with Crippen LogP contribution in [-0.2, 0) is 4.79 Å². The fourth-order valence-corrected chi connectivity index (χ4v) is 1.44. The number of alkyl halides is 3. The van der Waals surface area contributed by atoms with Crippen LogP contribution >= 0.6 is 0 Å². The standard InChI is InChI=1S/C8H8F4O/c9-7(13)5-3-1-2-4-6(5)8(10,11)12/h1-4H2. The molecule has 1 aliphatic carbocycles. The average Bonchev–Trinajstić information content (AvgIpc) is 2.03. The van der Waals surface area contributed by atoms with Crippen molar-refractivity contribution in [3.8, 4) is 0 Å². The predicted molar refractivity (Wildman–Crippen MR) is 37.7 cm³/mol. The minimum absolute atomic E-state index is 0.0931. The summed E-state index contributed by atoms with van der Waals surface area (Å²) in [4.78, 5) is 10.2. The van der Waals surface area contributed by atoms with Gasteiger partial charge in [0.15, 0.2) is 0 Å². The molecule has 0 atom stereocenters. The summed E-state index contributed by atoms with van der Waals surface area (Å²) < 4.78 is 48.7. The van der Waals surface area contributed by atoms with Gasteiger partial charge in [-0.2, -0.15) is 17.6 Å². The van der Waals surface area contributed by atoms with E-state index in [1.54, 1.807) is 0 Å². The molecule has 0 radical (unpaired) electrons. The van der Waals surface area contributed by atoms with Gasteiger partial charge in [0.05, 0.1) is 0 Å². The number of rotatable bonds is 1. The van der Waals surface area contributed by atoms with Gasteiger partial charge in [-0.15, -0.1) is 0 Å². The molecule has 0 amide bonds. The summed E-state index contributed by atoms with van der Waals surface area (Å²) in [5, 5.41) is 0. The lowest BCUT2D eigenvalue weighted by molar-refractivity contribution is -0.127. The van der Waals surface area contributed by atoms with Crippen molar-refractivity contribution in [2.24, 2.45) is 0 Å². The average molecular weight is 196 g/mol. The van der Waals surface area contributed by atoms with E-state index in [0.29, 0.717) is 12.8 Å². The molecule has 0 aromatic rings. The molecule has 0 N–H and O–H groups in total. The third-order valence-electron chi connectivity index (χ3n) is 2.05. The van der Waals surface area contributed by atoms with Crippen LogP contribution in [0.3, 0.4) is 0 Å². The zero-order valence-electron chi connectivity index (χ0n) is 6.75. The molecule has 1 rings (SSSR count). The minimum atomic E-state index is -4.56. The van der Waals surface area contributed by atoms with Crippen LogP contribution in [-0.4, -0.2) is 12.2 Å². The van der Waals surface area contributed by atoms with Crippen LogP contribution in [0.25, 0.3) is 0 Å². The summed E-state index contributed by atoms with van der Waals surface area (Å²) in [6, 6.07) is -1.94. The summed E-state index contributed by atoms with van der Waals surface area (Å²) in [5.41, 5.74) is -1.66. The molecule has 0 heterocycles. The van der Waals surface area contributed by atoms with Crippen LogP contribution in [0.1, 0.15) is 25.7 Å². The Kier molecular flexibility index (Phi) is 2.73. The fraction of sp³-hybridized carbons (Fsp3) is 0.625. The van der Waals surface area contributed by atoms with E-state index in [2.05, 4.69) is 0 Å². The van der Waals surface area contributed by atoms with Crippen molar-refractivity contribution in [1.82, 2.24) is 0 Å². The van der Waals surface area contributed by atoms with Crippen LogP contribution in [0, 0.1) is 0 Å². The molecule has 13 heavy (non-hydrogen) atoms. The Balaban J connectivity index is 3.04. The van der Waals surface area contributed by atoms with Gasteiger partial charge in [-0.1, -0.05) is 0 Å². The Hall–Kier alpha value is -0.870. The molecule has 0 saturated heterocycles. The SMILES string of the molecule is O=C(F)C1=C(C(F)(F)F)CCCC1. The van der Waals surface area contributed by atoms with Gasteiger partial charge in [0.25, 0.3) is 0 Å². The van der Waals surface area contributed by atoms with E-state index in [0.717, 1.165) is 0 Å². The van der Waals surface area contributed by atoms with Crippen molar-refractivity contribution in [1.29, 1.82) is 0 Å². The summed E-state index contributed by atoms with van der Waals surface area (Å²) in [6.45, 7) is 0. The van der Waals surface area contributed by atoms with Crippen LogP contribution in [0.15, 0.2) is 11.1 Å². The van der Waals surface area contributed by atoms with Crippen molar-refractivity contribution >= 4 is 6.04 Å². The molecule has 1 nitrogen and oxygen atoms in total. The normalized spacial score (nSPS) is 19.1. The number of hydrogen-bond donors (Lipinski definition) is 0. The molecule has 0 spiro atoms. The molecule has 1 aliphatic rings. The second-order valence-corrected chi connectivity index (χ2v) is 2.94. The summed E-state index contributed by atoms with van der Waals surface area (Å²) in [5.74, 6) is 0. The highest BCUT2D eigenvalue weighted by Crippen LogP contribution is 2.37. The van der Waals surface area contributed by atoms with Crippen LogP contribution in [0.2, 0.25) is 0 Å². The zero-order valence-corrected chi connectivity index (χ0v) is 6.75. The molecule has 0 aliphatic heterocycles. The second kappa shape index (κ2) is 3.47. The highest BCUT2D eigenvalue weighted by molar-refractivity contribution is 5.88. The summed E-state index contributed by atoms with van der Waals surface area (Å²) in [6.07, 6.45) is -4.08. The molecule has 5 heteroatoms. The molecule has 0 aromatic carbocycles. The van der Waals surface area contributed by atoms with Crippen molar-refractivity contribution in [2.45, 2.75) is 31.9 Å². The van der Waals surface area contributed by atoms with Crippen molar-refractivity contribution in [3.63, 3.8) is 0 Å². The largest absolute Gasteiger partial charge is 0.413 e. The van der Waals surface area contributed by atoms with E-state index in [1.807, 2.05) is 0 Å². The first-order chi connectivity index (χ1) is 5.93. The van der Waals surface area contributed by atoms with Crippen LogP contribution < -0.4 is 0 Å². The quantitative estimate of drug-likeness (QED) is 0.465. The van der Waals surface area contributed by atoms with Gasteiger partial charge in [0.2, 0.25) is 0 Å². The molecule has 74 valence electrons. The highest BCUT2D eigenvalue weighted by atomic mass is 19.4. The van der Waals surface area contributed by atoms with Gasteiger partial charge in [-0.3, -0.25) is 4.79 Å². The molecular formula is C8H8F4O. The number of halogens is 4. The molecular weight excluding hydrogens is 188 g/mol. The van der Waals surface area contributed by atoms with E-state index in [1.165, 1.54) is 0 Å². The van der Waals surface area contributed by atoms with E-state index >= 15 is 0 Å². The van der Waals surface area contributed by atoms with Crippen molar-refractivity contribution in [3.05, 3.63) is 11.1 Å². The Morgan fingerprint density at radius 1 is 1.15 bits per heavy atom. The maximum absolute atomic E-state index is 12.2. The Morgan fingerprint density at radius 2 is 1.69 bits per heavy atom. The monoisotopic (exact) mass is 196 g/mol.